The molecule has 9 heteroatoms. The van der Waals surface area contributed by atoms with Gasteiger partial charge in [0, 0.05) is 31.8 Å². The van der Waals surface area contributed by atoms with E-state index in [-0.39, 0.29) is 30.9 Å². The van der Waals surface area contributed by atoms with Gasteiger partial charge in [-0.1, -0.05) is 6.07 Å². The van der Waals surface area contributed by atoms with E-state index in [1.54, 1.807) is 29.4 Å². The van der Waals surface area contributed by atoms with Crippen LogP contribution in [0.3, 0.4) is 0 Å². The molecule has 3 rings (SSSR count). The summed E-state index contributed by atoms with van der Waals surface area (Å²) in [6, 6.07) is 5.05. The first-order chi connectivity index (χ1) is 13.3. The Hall–Kier alpha value is -3.36. The number of likely N-dealkylation sites (N-methyl/N-ethyl adjacent to an activating group) is 1. The van der Waals surface area contributed by atoms with Crippen molar-refractivity contribution >= 4 is 29.3 Å². The van der Waals surface area contributed by atoms with Crippen LogP contribution in [0.4, 0.5) is 16.2 Å². The molecule has 28 heavy (non-hydrogen) atoms. The fraction of sp³-hybridized carbons (Fsp3) is 0.368. The van der Waals surface area contributed by atoms with E-state index in [1.165, 1.54) is 16.5 Å². The number of anilines is 2. The molecule has 0 fully saturated rings. The first kappa shape index (κ1) is 19.4. The van der Waals surface area contributed by atoms with Gasteiger partial charge in [-0.2, -0.15) is 5.10 Å². The van der Waals surface area contributed by atoms with E-state index in [1.807, 2.05) is 19.9 Å². The molecule has 1 aromatic carbocycles. The average Bonchev–Trinajstić information content (AvgIpc) is 3.08. The first-order valence-corrected chi connectivity index (χ1v) is 9.05. The van der Waals surface area contributed by atoms with Crippen molar-refractivity contribution in [3.8, 4) is 11.1 Å². The Morgan fingerprint density at radius 1 is 1.25 bits per heavy atom. The standard InChI is InChI=1S/C19H23N5O4/c1-4-20-18(26)11-22-10-15(8-21-22)14-5-6-16-17(7-14)23(19(27)28)9-12(2)24(16)13(3)25/h5-8,10,12H,4,9,11H2,1-3H3,(H,20,26)(H,27,28)/t12-/m0/s1. The third kappa shape index (κ3) is 3.68. The highest BCUT2D eigenvalue weighted by molar-refractivity contribution is 6.02. The van der Waals surface area contributed by atoms with E-state index in [0.717, 1.165) is 11.1 Å². The van der Waals surface area contributed by atoms with Crippen molar-refractivity contribution in [2.75, 3.05) is 22.9 Å². The number of rotatable bonds is 4. The molecule has 9 nitrogen and oxygen atoms in total. The molecule has 1 aliphatic heterocycles. The predicted molar refractivity (Wildman–Crippen MR) is 104 cm³/mol. The number of carbonyl (C=O) groups is 3. The van der Waals surface area contributed by atoms with Crippen LogP contribution in [0.5, 0.6) is 0 Å². The average molecular weight is 385 g/mol. The fourth-order valence-electron chi connectivity index (χ4n) is 3.46. The van der Waals surface area contributed by atoms with Crippen molar-refractivity contribution in [1.82, 2.24) is 15.1 Å². The summed E-state index contributed by atoms with van der Waals surface area (Å²) in [5.74, 6) is -0.271. The van der Waals surface area contributed by atoms with Crippen LogP contribution >= 0.6 is 0 Å². The van der Waals surface area contributed by atoms with E-state index in [0.29, 0.717) is 17.9 Å². The smallest absolute Gasteiger partial charge is 0.411 e. The first-order valence-electron chi connectivity index (χ1n) is 9.05. The van der Waals surface area contributed by atoms with Crippen LogP contribution in [0.25, 0.3) is 11.1 Å². The normalized spacial score (nSPS) is 15.9. The Kier molecular flexibility index (Phi) is 5.34. The molecule has 2 heterocycles. The van der Waals surface area contributed by atoms with Gasteiger partial charge < -0.3 is 15.3 Å². The summed E-state index contributed by atoms with van der Waals surface area (Å²) in [7, 11) is 0. The molecule has 0 saturated heterocycles. The van der Waals surface area contributed by atoms with Gasteiger partial charge in [-0.3, -0.25) is 19.2 Å². The Morgan fingerprint density at radius 3 is 2.64 bits per heavy atom. The number of carboxylic acid groups (broad SMARTS) is 1. The van der Waals surface area contributed by atoms with Gasteiger partial charge in [0.1, 0.15) is 6.54 Å². The van der Waals surface area contributed by atoms with Crippen LogP contribution in [0.1, 0.15) is 20.8 Å². The Bertz CT molecular complexity index is 923. The van der Waals surface area contributed by atoms with Crippen molar-refractivity contribution < 1.29 is 19.5 Å². The van der Waals surface area contributed by atoms with Crippen LogP contribution in [0, 0.1) is 0 Å². The summed E-state index contributed by atoms with van der Waals surface area (Å²) >= 11 is 0. The van der Waals surface area contributed by atoms with E-state index in [2.05, 4.69) is 10.4 Å². The topological polar surface area (TPSA) is 108 Å². The monoisotopic (exact) mass is 385 g/mol. The molecule has 1 atom stereocenters. The summed E-state index contributed by atoms with van der Waals surface area (Å²) in [4.78, 5) is 38.4. The number of fused-ring (bicyclic) bond motifs is 1. The number of hydrogen-bond donors (Lipinski definition) is 2. The molecule has 1 aromatic heterocycles. The van der Waals surface area contributed by atoms with E-state index in [4.69, 9.17) is 0 Å². The number of nitrogens with one attached hydrogen (secondary N) is 1. The number of carbonyl (C=O) groups excluding carboxylic acids is 2. The summed E-state index contributed by atoms with van der Waals surface area (Å²) in [6.45, 7) is 5.99. The molecule has 1 aliphatic rings. The SMILES string of the molecule is CCNC(=O)Cn1cc(-c2ccc3c(c2)N(C(=O)O)C[C@H](C)N3C(C)=O)cn1. The summed E-state index contributed by atoms with van der Waals surface area (Å²) in [5, 5.41) is 16.5. The Balaban J connectivity index is 1.96. The minimum atomic E-state index is -1.07. The van der Waals surface area contributed by atoms with Gasteiger partial charge >= 0.3 is 6.09 Å². The molecular weight excluding hydrogens is 362 g/mol. The van der Waals surface area contributed by atoms with Gasteiger partial charge in [0.15, 0.2) is 0 Å². The number of hydrogen-bond acceptors (Lipinski definition) is 4. The Morgan fingerprint density at radius 2 is 2.00 bits per heavy atom. The predicted octanol–water partition coefficient (Wildman–Crippen LogP) is 1.93. The molecule has 0 bridgehead atoms. The third-order valence-corrected chi connectivity index (χ3v) is 4.63. The fourth-order valence-corrected chi connectivity index (χ4v) is 3.46. The van der Waals surface area contributed by atoms with Crippen molar-refractivity contribution in [2.24, 2.45) is 0 Å². The zero-order valence-electron chi connectivity index (χ0n) is 16.0. The second-order valence-electron chi connectivity index (χ2n) is 6.71. The molecule has 0 saturated carbocycles. The van der Waals surface area contributed by atoms with Crippen LogP contribution in [0.15, 0.2) is 30.6 Å². The van der Waals surface area contributed by atoms with Crippen LogP contribution in [-0.2, 0) is 16.1 Å². The minimum Gasteiger partial charge on any atom is -0.465 e. The molecule has 0 spiro atoms. The molecule has 148 valence electrons. The van der Waals surface area contributed by atoms with Gasteiger partial charge in [-0.25, -0.2) is 4.79 Å². The quantitative estimate of drug-likeness (QED) is 0.836. The molecule has 2 N–H and O–H groups in total. The van der Waals surface area contributed by atoms with Gasteiger partial charge in [0.25, 0.3) is 0 Å². The lowest BCUT2D eigenvalue weighted by Gasteiger charge is -2.39. The maximum Gasteiger partial charge on any atom is 0.411 e. The van der Waals surface area contributed by atoms with Gasteiger partial charge in [0.05, 0.1) is 23.6 Å². The largest absolute Gasteiger partial charge is 0.465 e. The van der Waals surface area contributed by atoms with Crippen molar-refractivity contribution in [3.63, 3.8) is 0 Å². The van der Waals surface area contributed by atoms with Gasteiger partial charge in [0.2, 0.25) is 11.8 Å². The van der Waals surface area contributed by atoms with E-state index < -0.39 is 6.09 Å². The highest BCUT2D eigenvalue weighted by Gasteiger charge is 2.33. The lowest BCUT2D eigenvalue weighted by Crippen LogP contribution is -2.51. The molecule has 3 amide bonds. The molecule has 0 aliphatic carbocycles. The maximum absolute atomic E-state index is 12.1. The second kappa shape index (κ2) is 7.71. The van der Waals surface area contributed by atoms with Crippen molar-refractivity contribution in [1.29, 1.82) is 0 Å². The molecule has 2 aromatic rings. The summed E-state index contributed by atoms with van der Waals surface area (Å²) in [6.07, 6.45) is 2.29. The number of nitrogens with zero attached hydrogens (tertiary/aromatic N) is 4. The van der Waals surface area contributed by atoms with Crippen molar-refractivity contribution in [3.05, 3.63) is 30.6 Å². The highest BCUT2D eigenvalue weighted by atomic mass is 16.4. The maximum atomic E-state index is 12.1. The lowest BCUT2D eigenvalue weighted by atomic mass is 10.0. The molecular formula is C19H23N5O4. The van der Waals surface area contributed by atoms with Gasteiger partial charge in [-0.15, -0.1) is 0 Å². The highest BCUT2D eigenvalue weighted by Crippen LogP contribution is 2.38. The van der Waals surface area contributed by atoms with E-state index >= 15 is 0 Å². The molecule has 0 radical (unpaired) electrons. The van der Waals surface area contributed by atoms with E-state index in [9.17, 15) is 19.5 Å². The third-order valence-electron chi connectivity index (χ3n) is 4.63. The van der Waals surface area contributed by atoms with Crippen molar-refractivity contribution in [2.45, 2.75) is 33.4 Å². The van der Waals surface area contributed by atoms with Gasteiger partial charge in [-0.05, 0) is 31.5 Å². The molecule has 0 unspecified atom stereocenters. The number of aromatic nitrogens is 2. The summed E-state index contributed by atoms with van der Waals surface area (Å²) in [5.41, 5.74) is 2.53. The van der Waals surface area contributed by atoms with Crippen LogP contribution < -0.4 is 15.1 Å². The lowest BCUT2D eigenvalue weighted by molar-refractivity contribution is -0.121. The second-order valence-corrected chi connectivity index (χ2v) is 6.71. The zero-order valence-corrected chi connectivity index (χ0v) is 16.0. The van der Waals surface area contributed by atoms with Crippen LogP contribution in [0.2, 0.25) is 0 Å². The minimum absolute atomic E-state index is 0.107. The number of amides is 3. The van der Waals surface area contributed by atoms with Crippen LogP contribution in [-0.4, -0.2) is 51.9 Å². The summed E-state index contributed by atoms with van der Waals surface area (Å²) < 4.78 is 1.53. The Labute approximate surface area is 162 Å². The number of benzene rings is 1. The zero-order chi connectivity index (χ0) is 20.4.